The van der Waals surface area contributed by atoms with Gasteiger partial charge in [0, 0.05) is 11.9 Å². The number of pyridine rings is 1. The fourth-order valence-electron chi connectivity index (χ4n) is 1.27. The van der Waals surface area contributed by atoms with E-state index in [0.717, 1.165) is 5.56 Å². The summed E-state index contributed by atoms with van der Waals surface area (Å²) in [7, 11) is 0. The van der Waals surface area contributed by atoms with Crippen LogP contribution in [-0.4, -0.2) is 22.3 Å². The SMILES string of the molecule is CC(C)(C)OC(=O)CSCc1cccnc1C#N. The zero-order chi connectivity index (χ0) is 13.6. The highest BCUT2D eigenvalue weighted by molar-refractivity contribution is 7.99. The van der Waals surface area contributed by atoms with Gasteiger partial charge in [0.25, 0.3) is 0 Å². The Balaban J connectivity index is 2.43. The van der Waals surface area contributed by atoms with Gasteiger partial charge in [0.1, 0.15) is 17.4 Å². The highest BCUT2D eigenvalue weighted by Crippen LogP contribution is 2.16. The zero-order valence-electron chi connectivity index (χ0n) is 10.8. The molecular formula is C13H16N2O2S. The van der Waals surface area contributed by atoms with E-state index in [4.69, 9.17) is 10.00 Å². The number of carbonyl (C=O) groups is 1. The summed E-state index contributed by atoms with van der Waals surface area (Å²) in [5, 5.41) is 8.87. The Morgan fingerprint density at radius 1 is 1.56 bits per heavy atom. The average Bonchev–Trinajstić information content (AvgIpc) is 2.27. The first-order valence-electron chi connectivity index (χ1n) is 5.56. The molecule has 0 aromatic carbocycles. The molecule has 0 fully saturated rings. The van der Waals surface area contributed by atoms with Crippen molar-refractivity contribution < 1.29 is 9.53 Å². The summed E-state index contributed by atoms with van der Waals surface area (Å²) in [5.74, 6) is 0.613. The van der Waals surface area contributed by atoms with E-state index >= 15 is 0 Å². The van der Waals surface area contributed by atoms with Crippen LogP contribution in [0.2, 0.25) is 0 Å². The smallest absolute Gasteiger partial charge is 0.316 e. The summed E-state index contributed by atoms with van der Waals surface area (Å²) in [6.45, 7) is 5.51. The molecule has 1 rings (SSSR count). The second-order valence-corrected chi connectivity index (χ2v) is 5.69. The number of thioether (sulfide) groups is 1. The standard InChI is InChI=1S/C13H16N2O2S/c1-13(2,3)17-12(16)9-18-8-10-5-4-6-15-11(10)7-14/h4-6H,8-9H2,1-3H3. The van der Waals surface area contributed by atoms with Crippen molar-refractivity contribution in [2.75, 3.05) is 5.75 Å². The minimum atomic E-state index is -0.455. The van der Waals surface area contributed by atoms with Crippen molar-refractivity contribution in [2.45, 2.75) is 32.1 Å². The van der Waals surface area contributed by atoms with Gasteiger partial charge < -0.3 is 4.74 Å². The van der Waals surface area contributed by atoms with E-state index in [1.807, 2.05) is 32.9 Å². The predicted octanol–water partition coefficient (Wildman–Crippen LogP) is 2.53. The maximum Gasteiger partial charge on any atom is 0.316 e. The zero-order valence-corrected chi connectivity index (χ0v) is 11.6. The number of ether oxygens (including phenoxy) is 1. The van der Waals surface area contributed by atoms with E-state index in [9.17, 15) is 4.79 Å². The lowest BCUT2D eigenvalue weighted by molar-refractivity contribution is -0.151. The number of aromatic nitrogens is 1. The van der Waals surface area contributed by atoms with Crippen LogP contribution >= 0.6 is 11.8 Å². The number of hydrogen-bond acceptors (Lipinski definition) is 5. The van der Waals surface area contributed by atoms with Crippen molar-refractivity contribution in [1.82, 2.24) is 4.98 Å². The van der Waals surface area contributed by atoms with Gasteiger partial charge in [-0.1, -0.05) is 6.07 Å². The van der Waals surface area contributed by atoms with Crippen LogP contribution in [0.1, 0.15) is 32.0 Å². The first kappa shape index (κ1) is 14.5. The molecule has 0 saturated heterocycles. The van der Waals surface area contributed by atoms with Crippen LogP contribution in [-0.2, 0) is 15.3 Å². The Morgan fingerprint density at radius 3 is 2.89 bits per heavy atom. The van der Waals surface area contributed by atoms with Crippen LogP contribution in [0.15, 0.2) is 18.3 Å². The molecule has 0 spiro atoms. The van der Waals surface area contributed by atoms with Crippen LogP contribution in [0, 0.1) is 11.3 Å². The van der Waals surface area contributed by atoms with Crippen molar-refractivity contribution in [3.63, 3.8) is 0 Å². The molecule has 96 valence electrons. The predicted molar refractivity (Wildman–Crippen MR) is 71.0 cm³/mol. The van der Waals surface area contributed by atoms with E-state index in [2.05, 4.69) is 4.98 Å². The van der Waals surface area contributed by atoms with Crippen molar-refractivity contribution in [3.05, 3.63) is 29.6 Å². The van der Waals surface area contributed by atoms with E-state index in [0.29, 0.717) is 11.4 Å². The monoisotopic (exact) mass is 264 g/mol. The maximum atomic E-state index is 11.5. The molecule has 1 aromatic rings. The largest absolute Gasteiger partial charge is 0.459 e. The Labute approximate surface area is 111 Å². The van der Waals surface area contributed by atoms with Gasteiger partial charge in [-0.3, -0.25) is 4.79 Å². The Bertz CT molecular complexity index is 461. The van der Waals surface area contributed by atoms with Gasteiger partial charge in [-0.05, 0) is 32.4 Å². The summed E-state index contributed by atoms with van der Waals surface area (Å²) in [6.07, 6.45) is 1.58. The molecule has 0 radical (unpaired) electrons. The fraction of sp³-hybridized carbons (Fsp3) is 0.462. The van der Waals surface area contributed by atoms with Gasteiger partial charge >= 0.3 is 5.97 Å². The maximum absolute atomic E-state index is 11.5. The minimum absolute atomic E-state index is 0.241. The molecule has 18 heavy (non-hydrogen) atoms. The van der Waals surface area contributed by atoms with Crippen molar-refractivity contribution in [3.8, 4) is 6.07 Å². The van der Waals surface area contributed by atoms with E-state index in [-0.39, 0.29) is 11.7 Å². The van der Waals surface area contributed by atoms with E-state index in [1.165, 1.54) is 11.8 Å². The second kappa shape index (κ2) is 6.41. The quantitative estimate of drug-likeness (QED) is 0.782. The summed E-state index contributed by atoms with van der Waals surface area (Å²) in [4.78, 5) is 15.4. The van der Waals surface area contributed by atoms with Gasteiger partial charge in [-0.25, -0.2) is 4.98 Å². The van der Waals surface area contributed by atoms with Gasteiger partial charge in [0.15, 0.2) is 0 Å². The molecule has 1 aromatic heterocycles. The first-order valence-corrected chi connectivity index (χ1v) is 6.71. The molecule has 1 heterocycles. The molecule has 0 aliphatic carbocycles. The molecule has 0 unspecified atom stereocenters. The summed E-state index contributed by atoms with van der Waals surface area (Å²) >= 11 is 1.42. The summed E-state index contributed by atoms with van der Waals surface area (Å²) in [5.41, 5.74) is 0.798. The molecule has 0 saturated carbocycles. The average molecular weight is 264 g/mol. The van der Waals surface area contributed by atoms with Crippen LogP contribution in [0.5, 0.6) is 0 Å². The number of nitriles is 1. The fourth-order valence-corrected chi connectivity index (χ4v) is 2.05. The molecule has 0 N–H and O–H groups in total. The number of rotatable bonds is 4. The first-order chi connectivity index (χ1) is 8.42. The molecule has 0 amide bonds. The Hall–Kier alpha value is -1.54. The van der Waals surface area contributed by atoms with Crippen molar-refractivity contribution in [1.29, 1.82) is 5.26 Å². The highest BCUT2D eigenvalue weighted by Gasteiger charge is 2.16. The van der Waals surface area contributed by atoms with Crippen LogP contribution in [0.25, 0.3) is 0 Å². The van der Waals surface area contributed by atoms with Gasteiger partial charge in [-0.2, -0.15) is 5.26 Å². The third-order valence-corrected chi connectivity index (χ3v) is 2.85. The number of esters is 1. The topological polar surface area (TPSA) is 63.0 Å². The Morgan fingerprint density at radius 2 is 2.28 bits per heavy atom. The van der Waals surface area contributed by atoms with Crippen LogP contribution in [0.3, 0.4) is 0 Å². The van der Waals surface area contributed by atoms with E-state index < -0.39 is 5.60 Å². The molecule has 0 aliphatic heterocycles. The third-order valence-electron chi connectivity index (χ3n) is 1.89. The number of carbonyl (C=O) groups excluding carboxylic acids is 1. The molecule has 0 bridgehead atoms. The normalized spacial score (nSPS) is 10.8. The van der Waals surface area contributed by atoms with Crippen LogP contribution in [0.4, 0.5) is 0 Å². The molecule has 5 heteroatoms. The van der Waals surface area contributed by atoms with Crippen LogP contribution < -0.4 is 0 Å². The van der Waals surface area contributed by atoms with Gasteiger partial charge in [-0.15, -0.1) is 11.8 Å². The Kier molecular flexibility index (Phi) is 5.17. The van der Waals surface area contributed by atoms with Gasteiger partial charge in [0.05, 0.1) is 5.75 Å². The number of nitrogens with zero attached hydrogens (tertiary/aromatic N) is 2. The number of hydrogen-bond donors (Lipinski definition) is 0. The summed E-state index contributed by atoms with van der Waals surface area (Å²) < 4.78 is 5.19. The minimum Gasteiger partial charge on any atom is -0.459 e. The molecule has 4 nitrogen and oxygen atoms in total. The van der Waals surface area contributed by atoms with E-state index in [1.54, 1.807) is 12.3 Å². The lowest BCUT2D eigenvalue weighted by Crippen LogP contribution is -2.24. The van der Waals surface area contributed by atoms with Crippen molar-refractivity contribution >= 4 is 17.7 Å². The van der Waals surface area contributed by atoms with Crippen molar-refractivity contribution in [2.24, 2.45) is 0 Å². The molecule has 0 atom stereocenters. The highest BCUT2D eigenvalue weighted by atomic mass is 32.2. The molecule has 0 aliphatic rings. The lowest BCUT2D eigenvalue weighted by atomic mass is 10.2. The second-order valence-electron chi connectivity index (χ2n) is 4.70. The summed E-state index contributed by atoms with van der Waals surface area (Å²) in [6, 6.07) is 5.65. The molecular weight excluding hydrogens is 248 g/mol. The third kappa shape index (κ3) is 5.19. The van der Waals surface area contributed by atoms with Gasteiger partial charge in [0.2, 0.25) is 0 Å². The lowest BCUT2D eigenvalue weighted by Gasteiger charge is -2.19.